The molecule has 2 amide bonds. The second-order valence-electron chi connectivity index (χ2n) is 4.85. The topological polar surface area (TPSA) is 37.4 Å². The van der Waals surface area contributed by atoms with Crippen molar-refractivity contribution in [3.63, 3.8) is 0 Å². The van der Waals surface area contributed by atoms with E-state index in [1.165, 1.54) is 0 Å². The van der Waals surface area contributed by atoms with Crippen LogP contribution >= 0.6 is 58.2 Å². The zero-order chi connectivity index (χ0) is 17.3. The van der Waals surface area contributed by atoms with Gasteiger partial charge in [0.15, 0.2) is 4.32 Å². The first kappa shape index (κ1) is 17.6. The number of benzene rings is 2. The van der Waals surface area contributed by atoms with Crippen molar-refractivity contribution in [3.8, 4) is 0 Å². The van der Waals surface area contributed by atoms with Gasteiger partial charge in [0.25, 0.3) is 11.8 Å². The van der Waals surface area contributed by atoms with Crippen molar-refractivity contribution in [2.45, 2.75) is 0 Å². The van der Waals surface area contributed by atoms with Crippen molar-refractivity contribution in [1.82, 2.24) is 4.90 Å². The van der Waals surface area contributed by atoms with Gasteiger partial charge in [0.05, 0.1) is 15.5 Å². The van der Waals surface area contributed by atoms with Gasteiger partial charge in [-0.15, -0.1) is 0 Å². The highest BCUT2D eigenvalue weighted by Crippen LogP contribution is 2.34. The van der Waals surface area contributed by atoms with Gasteiger partial charge in [-0.3, -0.25) is 9.59 Å². The monoisotopic (exact) mass is 485 g/mol. The Hall–Kier alpha value is -1.22. The van der Waals surface area contributed by atoms with E-state index in [-0.39, 0.29) is 14.9 Å². The third kappa shape index (κ3) is 3.56. The smallest absolute Gasteiger partial charge is 0.268 e. The van der Waals surface area contributed by atoms with Gasteiger partial charge in [0, 0.05) is 3.57 Å². The number of thiocarbonyl (C=S) groups is 1. The Morgan fingerprint density at radius 1 is 1.17 bits per heavy atom. The van der Waals surface area contributed by atoms with E-state index in [1.807, 2.05) is 24.3 Å². The molecule has 1 fully saturated rings. The molecule has 0 aromatic heterocycles. The summed E-state index contributed by atoms with van der Waals surface area (Å²) < 4.78 is 1.31. The van der Waals surface area contributed by atoms with Gasteiger partial charge in [-0.1, -0.05) is 59.8 Å². The van der Waals surface area contributed by atoms with Gasteiger partial charge in [-0.2, -0.15) is 0 Å². The summed E-state index contributed by atoms with van der Waals surface area (Å²) in [7, 11) is 0. The molecule has 1 aliphatic rings. The van der Waals surface area contributed by atoms with E-state index < -0.39 is 11.8 Å². The van der Waals surface area contributed by atoms with Gasteiger partial charge < -0.3 is 0 Å². The zero-order valence-electron chi connectivity index (χ0n) is 12.0. The first-order valence-corrected chi connectivity index (χ1v) is 9.48. The summed E-state index contributed by atoms with van der Waals surface area (Å²) in [5, 5.41) is 0.290. The Morgan fingerprint density at radius 2 is 1.83 bits per heavy atom. The summed E-state index contributed by atoms with van der Waals surface area (Å²) in [6.07, 6.45) is 1.73. The quantitative estimate of drug-likeness (QED) is 0.260. The van der Waals surface area contributed by atoms with Gasteiger partial charge >= 0.3 is 0 Å². The molecule has 0 N–H and O–H groups in total. The fraction of sp³-hybridized carbons (Fsp3) is 0. The number of nitrogens with zero attached hydrogens (tertiary/aromatic N) is 1. The van der Waals surface area contributed by atoms with E-state index in [0.29, 0.717) is 4.91 Å². The molecule has 0 aliphatic carbocycles. The summed E-state index contributed by atoms with van der Waals surface area (Å²) in [6.45, 7) is 0. The normalized spacial score (nSPS) is 16.1. The lowest BCUT2D eigenvalue weighted by Gasteiger charge is -2.13. The number of hydrogen-bond donors (Lipinski definition) is 0. The molecule has 0 spiro atoms. The van der Waals surface area contributed by atoms with Crippen molar-refractivity contribution in [2.75, 3.05) is 0 Å². The lowest BCUT2D eigenvalue weighted by Crippen LogP contribution is -2.34. The molecule has 0 atom stereocenters. The minimum Gasteiger partial charge on any atom is -0.268 e. The molecular weight excluding hydrogens is 477 g/mol. The molecule has 2 aromatic rings. The van der Waals surface area contributed by atoms with Crippen molar-refractivity contribution in [1.29, 1.82) is 0 Å². The van der Waals surface area contributed by atoms with E-state index in [0.717, 1.165) is 25.8 Å². The molecule has 0 radical (unpaired) electrons. The summed E-state index contributed by atoms with van der Waals surface area (Å²) in [6, 6.07) is 14.3. The molecule has 7 heteroatoms. The fourth-order valence-electron chi connectivity index (χ4n) is 2.11. The third-order valence-electron chi connectivity index (χ3n) is 3.27. The molecule has 1 heterocycles. The van der Waals surface area contributed by atoms with Crippen LogP contribution in [-0.2, 0) is 4.79 Å². The Morgan fingerprint density at radius 3 is 2.50 bits per heavy atom. The zero-order valence-corrected chi connectivity index (χ0v) is 16.6. The first-order chi connectivity index (χ1) is 11.5. The number of hydrogen-bond acceptors (Lipinski definition) is 4. The largest absolute Gasteiger partial charge is 0.273 e. The average molecular weight is 486 g/mol. The maximum Gasteiger partial charge on any atom is 0.273 e. The fourth-order valence-corrected chi connectivity index (χ4v) is 3.94. The van der Waals surface area contributed by atoms with Crippen LogP contribution in [0.25, 0.3) is 6.08 Å². The van der Waals surface area contributed by atoms with Crippen molar-refractivity contribution in [2.24, 2.45) is 0 Å². The van der Waals surface area contributed by atoms with Crippen molar-refractivity contribution in [3.05, 3.63) is 73.2 Å². The summed E-state index contributed by atoms with van der Waals surface area (Å²) in [4.78, 5) is 26.6. The van der Waals surface area contributed by atoms with Crippen LogP contribution in [0.2, 0.25) is 5.02 Å². The number of amides is 2. The predicted molar refractivity (Wildman–Crippen MR) is 110 cm³/mol. The van der Waals surface area contributed by atoms with E-state index >= 15 is 0 Å². The molecule has 120 valence electrons. The Kier molecular flexibility index (Phi) is 5.39. The molecule has 2 aromatic carbocycles. The summed E-state index contributed by atoms with van der Waals surface area (Å²) in [5.74, 6) is -0.928. The number of carbonyl (C=O) groups is 2. The molecule has 0 saturated carbocycles. The minimum atomic E-state index is -0.505. The Balaban J connectivity index is 1.91. The number of carbonyl (C=O) groups excluding carboxylic acids is 2. The number of imide groups is 1. The van der Waals surface area contributed by atoms with Gasteiger partial charge in [0.1, 0.15) is 0 Å². The van der Waals surface area contributed by atoms with Crippen LogP contribution in [0.15, 0.2) is 53.4 Å². The van der Waals surface area contributed by atoms with Crippen LogP contribution in [0.1, 0.15) is 15.9 Å². The summed E-state index contributed by atoms with van der Waals surface area (Å²) >= 11 is 14.6. The van der Waals surface area contributed by atoms with Crippen LogP contribution in [0.3, 0.4) is 0 Å². The Bertz CT molecular complexity index is 880. The molecule has 0 unspecified atom stereocenters. The van der Waals surface area contributed by atoms with E-state index in [9.17, 15) is 9.59 Å². The van der Waals surface area contributed by atoms with Crippen LogP contribution < -0.4 is 0 Å². The van der Waals surface area contributed by atoms with E-state index in [4.69, 9.17) is 23.8 Å². The minimum absolute atomic E-state index is 0.210. The molecule has 24 heavy (non-hydrogen) atoms. The molecule has 1 saturated heterocycles. The Labute approximate surface area is 167 Å². The third-order valence-corrected chi connectivity index (χ3v) is 5.62. The van der Waals surface area contributed by atoms with Gasteiger partial charge in [-0.25, -0.2) is 4.90 Å². The molecule has 1 aliphatic heterocycles. The van der Waals surface area contributed by atoms with Crippen molar-refractivity contribution < 1.29 is 9.59 Å². The van der Waals surface area contributed by atoms with Crippen LogP contribution in [0, 0.1) is 3.57 Å². The van der Waals surface area contributed by atoms with Crippen molar-refractivity contribution >= 4 is 80.4 Å². The number of halogens is 2. The molecule has 0 bridgehead atoms. The maximum atomic E-state index is 12.6. The second kappa shape index (κ2) is 7.35. The molecule has 3 rings (SSSR count). The molecule has 3 nitrogen and oxygen atoms in total. The standard InChI is InChI=1S/C17H9ClINO2S2/c18-13-4-2-1-3-12(13)15(21)20-16(22)14(24-17(20)23)9-10-5-7-11(19)8-6-10/h1-9H. The SMILES string of the molecule is O=C1C(=Cc2ccc(I)cc2)SC(=S)N1C(=O)c1ccccc1Cl. The maximum absolute atomic E-state index is 12.6. The second-order valence-corrected chi connectivity index (χ2v) is 8.18. The molecular formula is C17H9ClINO2S2. The number of thioether (sulfide) groups is 1. The lowest BCUT2D eigenvalue weighted by atomic mass is 10.2. The summed E-state index contributed by atoms with van der Waals surface area (Å²) in [5.41, 5.74) is 1.13. The van der Waals surface area contributed by atoms with Crippen LogP contribution in [0.5, 0.6) is 0 Å². The number of rotatable bonds is 2. The highest BCUT2D eigenvalue weighted by molar-refractivity contribution is 14.1. The lowest BCUT2D eigenvalue weighted by molar-refractivity contribution is -0.120. The predicted octanol–water partition coefficient (Wildman–Crippen LogP) is 4.99. The van der Waals surface area contributed by atoms with Gasteiger partial charge in [-0.05, 0) is 58.5 Å². The average Bonchev–Trinajstić information content (AvgIpc) is 2.83. The first-order valence-electron chi connectivity index (χ1n) is 6.80. The van der Waals surface area contributed by atoms with Crippen LogP contribution in [0.4, 0.5) is 0 Å². The highest BCUT2D eigenvalue weighted by atomic mass is 127. The van der Waals surface area contributed by atoms with Crippen LogP contribution in [-0.4, -0.2) is 21.0 Å². The van der Waals surface area contributed by atoms with E-state index in [2.05, 4.69) is 22.6 Å². The van der Waals surface area contributed by atoms with Gasteiger partial charge in [0.2, 0.25) is 0 Å². The van der Waals surface area contributed by atoms with E-state index in [1.54, 1.807) is 30.3 Å². The highest BCUT2D eigenvalue weighted by Gasteiger charge is 2.37.